The Balaban J connectivity index is 1.83. The van der Waals surface area contributed by atoms with Gasteiger partial charge in [-0.2, -0.15) is 0 Å². The molecule has 2 aromatic carbocycles. The summed E-state index contributed by atoms with van der Waals surface area (Å²) in [5.74, 6) is 1.18. The van der Waals surface area contributed by atoms with Crippen LogP contribution in [0.3, 0.4) is 0 Å². The number of carbonyl (C=O) groups excluding carboxylic acids is 1. The van der Waals surface area contributed by atoms with Crippen molar-refractivity contribution in [1.29, 1.82) is 0 Å². The minimum absolute atomic E-state index is 0.434. The molecule has 0 radical (unpaired) electrons. The molecule has 0 unspecified atom stereocenters. The van der Waals surface area contributed by atoms with Crippen LogP contribution in [0.2, 0.25) is 5.02 Å². The monoisotopic (exact) mass is 377 g/mol. The average molecular weight is 378 g/mol. The van der Waals surface area contributed by atoms with Crippen molar-refractivity contribution in [2.24, 2.45) is 0 Å². The number of nitrogens with one attached hydrogen (secondary N) is 2. The molecule has 25 heavy (non-hydrogen) atoms. The molecule has 2 N–H and O–H groups in total. The first-order valence-corrected chi connectivity index (χ1v) is 8.57. The van der Waals surface area contributed by atoms with Crippen molar-refractivity contribution in [2.75, 3.05) is 24.9 Å². The first-order valence-electron chi connectivity index (χ1n) is 7.37. The van der Waals surface area contributed by atoms with Crippen molar-refractivity contribution in [2.45, 2.75) is 6.92 Å². The molecule has 0 aliphatic rings. The zero-order valence-corrected chi connectivity index (χ0v) is 15.4. The topological polar surface area (TPSA) is 72.5 Å². The number of benzene rings is 2. The van der Waals surface area contributed by atoms with E-state index in [9.17, 15) is 4.79 Å². The van der Waals surface area contributed by atoms with Crippen LogP contribution in [0.15, 0.2) is 30.3 Å². The van der Waals surface area contributed by atoms with Crippen LogP contribution in [0.4, 0.5) is 15.6 Å². The van der Waals surface area contributed by atoms with Crippen LogP contribution in [0, 0.1) is 6.92 Å². The highest BCUT2D eigenvalue weighted by Gasteiger charge is 2.14. The minimum Gasteiger partial charge on any atom is -0.495 e. The van der Waals surface area contributed by atoms with Crippen molar-refractivity contribution in [3.8, 4) is 11.5 Å². The highest BCUT2D eigenvalue weighted by molar-refractivity contribution is 7.22. The Kier molecular flexibility index (Phi) is 4.96. The molecule has 0 atom stereocenters. The van der Waals surface area contributed by atoms with E-state index in [4.69, 9.17) is 21.1 Å². The Morgan fingerprint density at radius 3 is 2.56 bits per heavy atom. The number of hydrogen-bond donors (Lipinski definition) is 2. The third-order valence-corrected chi connectivity index (χ3v) is 4.89. The van der Waals surface area contributed by atoms with Crippen LogP contribution < -0.4 is 20.1 Å². The van der Waals surface area contributed by atoms with Crippen molar-refractivity contribution in [3.05, 3.63) is 40.9 Å². The van der Waals surface area contributed by atoms with Crippen LogP contribution in [0.1, 0.15) is 5.56 Å². The number of rotatable bonds is 4. The predicted octanol–water partition coefficient (Wildman–Crippen LogP) is 4.92. The molecule has 0 bridgehead atoms. The van der Waals surface area contributed by atoms with Crippen LogP contribution in [0.25, 0.3) is 10.2 Å². The number of halogens is 1. The number of methoxy groups -OCH3 is 2. The molecule has 3 rings (SSSR count). The average Bonchev–Trinajstić information content (AvgIpc) is 3.00. The van der Waals surface area contributed by atoms with Gasteiger partial charge in [-0.1, -0.05) is 29.0 Å². The van der Waals surface area contributed by atoms with E-state index in [1.807, 2.05) is 19.1 Å². The molecule has 0 spiro atoms. The Labute approximate surface area is 153 Å². The lowest BCUT2D eigenvalue weighted by atomic mass is 10.2. The molecular weight excluding hydrogens is 362 g/mol. The number of aryl methyl sites for hydroxylation is 1. The van der Waals surface area contributed by atoms with E-state index in [0.717, 1.165) is 15.8 Å². The first-order chi connectivity index (χ1) is 12.0. The zero-order valence-electron chi connectivity index (χ0n) is 13.8. The second-order valence-corrected chi connectivity index (χ2v) is 6.64. The first kappa shape index (κ1) is 17.3. The summed E-state index contributed by atoms with van der Waals surface area (Å²) in [5.41, 5.74) is 2.27. The van der Waals surface area contributed by atoms with Crippen LogP contribution in [0.5, 0.6) is 11.5 Å². The summed E-state index contributed by atoms with van der Waals surface area (Å²) in [4.78, 5) is 16.7. The fourth-order valence-corrected chi connectivity index (χ4v) is 3.47. The van der Waals surface area contributed by atoms with Gasteiger partial charge in [0, 0.05) is 5.02 Å². The molecule has 0 fully saturated rings. The fourth-order valence-electron chi connectivity index (χ4n) is 2.36. The Morgan fingerprint density at radius 1 is 1.12 bits per heavy atom. The van der Waals surface area contributed by atoms with Gasteiger partial charge >= 0.3 is 6.03 Å². The molecule has 0 saturated carbocycles. The van der Waals surface area contributed by atoms with Gasteiger partial charge in [-0.25, -0.2) is 9.78 Å². The van der Waals surface area contributed by atoms with Gasteiger partial charge in [-0.3, -0.25) is 5.32 Å². The molecule has 6 nitrogen and oxygen atoms in total. The van der Waals surface area contributed by atoms with E-state index in [0.29, 0.717) is 27.3 Å². The van der Waals surface area contributed by atoms with Crippen LogP contribution in [-0.2, 0) is 0 Å². The number of carbonyl (C=O) groups is 1. The molecule has 0 saturated heterocycles. The second-order valence-electron chi connectivity index (χ2n) is 5.21. The van der Waals surface area contributed by atoms with Gasteiger partial charge in [0.25, 0.3) is 0 Å². The number of aromatic nitrogens is 1. The smallest absolute Gasteiger partial charge is 0.325 e. The highest BCUT2D eigenvalue weighted by atomic mass is 35.5. The van der Waals surface area contributed by atoms with Gasteiger partial charge in [0.05, 0.1) is 24.6 Å². The number of hydrogen-bond acceptors (Lipinski definition) is 5. The number of amides is 2. The SMILES string of the molecule is COc1ccc(Cl)cc1NC(=O)Nc1nc2c(OC)ccc(C)c2s1. The number of anilines is 2. The maximum atomic E-state index is 12.3. The van der Waals surface area contributed by atoms with Crippen molar-refractivity contribution >= 4 is 50.0 Å². The molecule has 130 valence electrons. The molecule has 8 heteroatoms. The van der Waals surface area contributed by atoms with Crippen molar-refractivity contribution in [1.82, 2.24) is 4.98 Å². The minimum atomic E-state index is -0.434. The predicted molar refractivity (Wildman–Crippen MR) is 102 cm³/mol. The maximum Gasteiger partial charge on any atom is 0.325 e. The number of thiazole rings is 1. The highest BCUT2D eigenvalue weighted by Crippen LogP contribution is 2.35. The normalized spacial score (nSPS) is 10.6. The molecular formula is C17H16ClN3O3S. The standard InChI is InChI=1S/C17H16ClN3O3S/c1-9-4-6-13(24-3)14-15(9)25-17(20-14)21-16(22)19-11-8-10(18)5-7-12(11)23-2/h4-8H,1-3H3,(H2,19,20,21,22). The number of ether oxygens (including phenoxy) is 2. The van der Waals surface area contributed by atoms with Gasteiger partial charge in [0.2, 0.25) is 0 Å². The lowest BCUT2D eigenvalue weighted by Gasteiger charge is -2.10. The quantitative estimate of drug-likeness (QED) is 0.676. The van der Waals surface area contributed by atoms with E-state index >= 15 is 0 Å². The molecule has 3 aromatic rings. The summed E-state index contributed by atoms with van der Waals surface area (Å²) in [6.07, 6.45) is 0. The third-order valence-electron chi connectivity index (χ3n) is 3.55. The van der Waals surface area contributed by atoms with Gasteiger partial charge in [-0.15, -0.1) is 0 Å². The summed E-state index contributed by atoms with van der Waals surface area (Å²) in [5, 5.41) is 6.42. The number of urea groups is 1. The molecule has 2 amide bonds. The zero-order chi connectivity index (χ0) is 18.0. The van der Waals surface area contributed by atoms with Gasteiger partial charge in [0.1, 0.15) is 17.0 Å². The number of nitrogens with zero attached hydrogens (tertiary/aromatic N) is 1. The summed E-state index contributed by atoms with van der Waals surface area (Å²) < 4.78 is 11.5. The summed E-state index contributed by atoms with van der Waals surface area (Å²) >= 11 is 7.36. The molecule has 1 aromatic heterocycles. The van der Waals surface area contributed by atoms with Gasteiger partial charge in [0.15, 0.2) is 5.13 Å². The van der Waals surface area contributed by atoms with E-state index in [1.165, 1.54) is 18.4 Å². The van der Waals surface area contributed by atoms with E-state index in [-0.39, 0.29) is 0 Å². The van der Waals surface area contributed by atoms with E-state index in [2.05, 4.69) is 15.6 Å². The largest absolute Gasteiger partial charge is 0.495 e. The Hall–Kier alpha value is -2.51. The van der Waals surface area contributed by atoms with E-state index in [1.54, 1.807) is 25.3 Å². The lowest BCUT2D eigenvalue weighted by molar-refractivity contribution is 0.262. The van der Waals surface area contributed by atoms with Crippen LogP contribution >= 0.6 is 22.9 Å². The van der Waals surface area contributed by atoms with Gasteiger partial charge < -0.3 is 14.8 Å². The number of fused-ring (bicyclic) bond motifs is 1. The van der Waals surface area contributed by atoms with Crippen molar-refractivity contribution < 1.29 is 14.3 Å². The summed E-state index contributed by atoms with van der Waals surface area (Å²) in [6, 6.07) is 8.37. The van der Waals surface area contributed by atoms with Crippen LogP contribution in [-0.4, -0.2) is 25.2 Å². The van der Waals surface area contributed by atoms with Gasteiger partial charge in [-0.05, 0) is 36.8 Å². The maximum absolute atomic E-state index is 12.3. The Morgan fingerprint density at radius 2 is 1.84 bits per heavy atom. The molecule has 0 aliphatic carbocycles. The third kappa shape index (κ3) is 3.62. The summed E-state index contributed by atoms with van der Waals surface area (Å²) in [6.45, 7) is 1.99. The summed E-state index contributed by atoms with van der Waals surface area (Å²) in [7, 11) is 3.11. The lowest BCUT2D eigenvalue weighted by Crippen LogP contribution is -2.19. The van der Waals surface area contributed by atoms with Crippen molar-refractivity contribution in [3.63, 3.8) is 0 Å². The molecule has 0 aliphatic heterocycles. The Bertz CT molecular complexity index is 942. The fraction of sp³-hybridized carbons (Fsp3) is 0.176. The molecule has 1 heterocycles. The second kappa shape index (κ2) is 7.16. The van der Waals surface area contributed by atoms with E-state index < -0.39 is 6.03 Å².